The van der Waals surface area contributed by atoms with Crippen molar-refractivity contribution >= 4 is 79.8 Å². The van der Waals surface area contributed by atoms with E-state index in [9.17, 15) is 37.8 Å². The number of carbonyl (C=O) groups excluding carboxylic acids is 4. The minimum Gasteiger partial charge on any atom is -0.508 e. The number of nitrogens with two attached hydrogens (primary N) is 1. The van der Waals surface area contributed by atoms with Gasteiger partial charge in [0.2, 0.25) is 15.9 Å². The van der Waals surface area contributed by atoms with Gasteiger partial charge in [-0.25, -0.2) is 23.3 Å². The predicted octanol–water partition coefficient (Wildman–Crippen LogP) is 3.04. The number of thiophene rings is 1. The number of thioether (sulfide) groups is 1. The second kappa shape index (κ2) is 19.8. The van der Waals surface area contributed by atoms with Crippen LogP contribution >= 0.6 is 35.3 Å². The van der Waals surface area contributed by atoms with E-state index in [2.05, 4.69) is 31.2 Å². The van der Waals surface area contributed by atoms with Crippen LogP contribution in [0.25, 0.3) is 0 Å². The number of anilines is 1. The minimum absolute atomic E-state index is 0.0415. The first-order valence-electron chi connectivity index (χ1n) is 20.4. The van der Waals surface area contributed by atoms with Crippen LogP contribution in [0.4, 0.5) is 5.69 Å². The molecule has 67 heavy (non-hydrogen) atoms. The minimum atomic E-state index is -4.23. The Morgan fingerprint density at radius 1 is 0.955 bits per heavy atom. The van der Waals surface area contributed by atoms with E-state index in [0.29, 0.717) is 39.5 Å². The molecular weight excluding hydrogens is 949 g/mol. The van der Waals surface area contributed by atoms with Gasteiger partial charge in [0.15, 0.2) is 10.7 Å². The molecule has 3 aliphatic heterocycles. The van der Waals surface area contributed by atoms with E-state index in [0.717, 1.165) is 11.3 Å². The zero-order valence-electron chi connectivity index (χ0n) is 35.3. The number of amides is 3. The van der Waals surface area contributed by atoms with Crippen LogP contribution < -0.4 is 31.1 Å². The number of benzene rings is 3. The molecule has 0 aliphatic carbocycles. The molecular formula is C43H42N8O12S4. The Morgan fingerprint density at radius 2 is 1.63 bits per heavy atom. The molecule has 0 saturated carbocycles. The van der Waals surface area contributed by atoms with Gasteiger partial charge in [0, 0.05) is 60.2 Å². The molecule has 24 heteroatoms. The summed E-state index contributed by atoms with van der Waals surface area (Å²) in [7, 11) is -4.23. The standard InChI is InChI=1S/C43H42N8O12S4/c1-65-36-21-45-20-32(50-36)37(54)48-24-17-33(51(22-24)39(56)27-8-15-66-41(27)67(44,58)59)38(55)46-9-11-60-13-14-61-12-10-47-42(64)49-23-2-5-29-28(16-23)40(57)63-43(29)30-6-3-25(52)18-34(30)62-35-19-26(53)4-7-31(35)43/h2-8,15-16,18-21,24,33,52-53H,9-14,17,22H2,1H3,(H,46,55)(H,48,54)(H2,44,58,59)(H2,47,49,64)/t24-,33-/m1/s1. The molecule has 2 atom stereocenters. The number of likely N-dealkylation sites (tertiary alicyclic amines) is 1. The van der Waals surface area contributed by atoms with Crippen molar-refractivity contribution in [3.8, 4) is 23.0 Å². The molecule has 0 bridgehead atoms. The molecule has 1 saturated heterocycles. The molecule has 350 valence electrons. The number of phenolic OH excluding ortho intramolecular Hbond substituents is 2. The highest BCUT2D eigenvalue weighted by Gasteiger charge is 2.54. The number of hydrogen-bond donors (Lipinski definition) is 7. The van der Waals surface area contributed by atoms with Gasteiger partial charge in [0.25, 0.3) is 11.8 Å². The molecule has 8 rings (SSSR count). The van der Waals surface area contributed by atoms with Gasteiger partial charge >= 0.3 is 5.97 Å². The largest absolute Gasteiger partial charge is 0.508 e. The van der Waals surface area contributed by atoms with Crippen LogP contribution in [0.15, 0.2) is 87.7 Å². The lowest BCUT2D eigenvalue weighted by Gasteiger charge is -2.36. The zero-order chi connectivity index (χ0) is 47.5. The Labute approximate surface area is 396 Å². The summed E-state index contributed by atoms with van der Waals surface area (Å²) in [5.74, 6) is -1.92. The topological polar surface area (TPSA) is 283 Å². The lowest BCUT2D eigenvalue weighted by atomic mass is 9.77. The van der Waals surface area contributed by atoms with Gasteiger partial charge in [-0.05, 0) is 72.7 Å². The highest BCUT2D eigenvalue weighted by Crippen LogP contribution is 2.57. The Balaban J connectivity index is 0.779. The average Bonchev–Trinajstić information content (AvgIpc) is 4.04. The summed E-state index contributed by atoms with van der Waals surface area (Å²) in [4.78, 5) is 63.2. The Bertz CT molecular complexity index is 2830. The van der Waals surface area contributed by atoms with Crippen molar-refractivity contribution in [3.05, 3.63) is 112 Å². The van der Waals surface area contributed by atoms with Crippen LogP contribution in [0.5, 0.6) is 23.0 Å². The first kappa shape index (κ1) is 47.1. The van der Waals surface area contributed by atoms with E-state index in [-0.39, 0.29) is 89.5 Å². The summed E-state index contributed by atoms with van der Waals surface area (Å²) in [5.41, 5.74) is 0.888. The molecule has 8 N–H and O–H groups in total. The monoisotopic (exact) mass is 990 g/mol. The first-order chi connectivity index (χ1) is 32.2. The van der Waals surface area contributed by atoms with Crippen LogP contribution in [0.2, 0.25) is 0 Å². The van der Waals surface area contributed by atoms with Gasteiger partial charge in [-0.3, -0.25) is 19.4 Å². The molecule has 2 aromatic heterocycles. The highest BCUT2D eigenvalue weighted by molar-refractivity contribution is 7.98. The number of sulfonamides is 1. The fraction of sp³-hybridized carbons (Fsp3) is 0.279. The molecule has 3 aliphatic rings. The van der Waals surface area contributed by atoms with Crippen molar-refractivity contribution < 1.29 is 56.8 Å². The number of nitrogens with one attached hydrogen (secondary N) is 4. The predicted molar refractivity (Wildman–Crippen MR) is 247 cm³/mol. The molecule has 3 aromatic carbocycles. The summed E-state index contributed by atoms with van der Waals surface area (Å²) >= 11 is 7.57. The molecule has 1 spiro atoms. The van der Waals surface area contributed by atoms with E-state index in [1.54, 1.807) is 36.6 Å². The van der Waals surface area contributed by atoms with Gasteiger partial charge in [-0.15, -0.1) is 23.1 Å². The highest BCUT2D eigenvalue weighted by atomic mass is 32.2. The van der Waals surface area contributed by atoms with Crippen molar-refractivity contribution in [2.75, 3.05) is 57.6 Å². The summed E-state index contributed by atoms with van der Waals surface area (Å²) < 4.78 is 47.5. The number of primary sulfonamides is 1. The molecule has 1 fully saturated rings. The van der Waals surface area contributed by atoms with Crippen LogP contribution in [-0.4, -0.2) is 127 Å². The van der Waals surface area contributed by atoms with Gasteiger partial charge in [0.05, 0.1) is 49.9 Å². The second-order valence-electron chi connectivity index (χ2n) is 15.2. The van der Waals surface area contributed by atoms with Crippen molar-refractivity contribution in [3.63, 3.8) is 0 Å². The van der Waals surface area contributed by atoms with Crippen LogP contribution in [0.1, 0.15) is 54.3 Å². The number of thiocarbonyl (C=S) groups is 1. The van der Waals surface area contributed by atoms with Crippen LogP contribution in [0.3, 0.4) is 0 Å². The fourth-order valence-electron chi connectivity index (χ4n) is 7.94. The van der Waals surface area contributed by atoms with Gasteiger partial charge in [-0.2, -0.15) is 0 Å². The molecule has 3 amide bonds. The number of fused-ring (bicyclic) bond motifs is 6. The smallest absolute Gasteiger partial charge is 0.340 e. The third-order valence-corrected chi connectivity index (χ3v) is 14.1. The molecule has 5 heterocycles. The number of rotatable bonds is 16. The zero-order valence-corrected chi connectivity index (χ0v) is 38.6. The number of carbonyl (C=O) groups is 4. The summed E-state index contributed by atoms with van der Waals surface area (Å²) in [6.45, 7) is 1.14. The number of aromatic nitrogens is 2. The number of ether oxygens (including phenoxy) is 4. The Kier molecular flexibility index (Phi) is 13.9. The number of hydrogen-bond acceptors (Lipinski definition) is 17. The quantitative estimate of drug-likeness (QED) is 0.0324. The van der Waals surface area contributed by atoms with Crippen molar-refractivity contribution in [1.82, 2.24) is 30.8 Å². The van der Waals surface area contributed by atoms with Crippen molar-refractivity contribution in [2.24, 2.45) is 5.14 Å². The first-order valence-corrected chi connectivity index (χ1v) is 24.5. The van der Waals surface area contributed by atoms with Crippen LogP contribution in [-0.2, 0) is 34.6 Å². The Morgan fingerprint density at radius 3 is 2.30 bits per heavy atom. The maximum atomic E-state index is 13.7. The second-order valence-corrected chi connectivity index (χ2v) is 19.1. The Hall–Kier alpha value is -6.41. The lowest BCUT2D eigenvalue weighted by Crippen LogP contribution is -2.47. The van der Waals surface area contributed by atoms with Gasteiger partial charge in [0.1, 0.15) is 44.0 Å². The number of phenols is 2. The number of aromatic hydroxyl groups is 2. The summed E-state index contributed by atoms with van der Waals surface area (Å²) in [5, 5.41) is 39.6. The third kappa shape index (κ3) is 10.00. The molecule has 0 unspecified atom stereocenters. The number of esters is 1. The maximum absolute atomic E-state index is 13.7. The van der Waals surface area contributed by atoms with Crippen molar-refractivity contribution in [1.29, 1.82) is 0 Å². The van der Waals surface area contributed by atoms with E-state index in [1.165, 1.54) is 64.8 Å². The SMILES string of the molecule is CSc1cncc(C(=O)N[C@@H]2C[C@H](C(=O)NCCOCCOCCNC(=S)Nc3ccc4c(c3)C(=O)OC43c4ccc(O)cc4Oc4cc(O)ccc43)N(C(=O)c3ccsc3S(N)(=O)=O)C2)n1. The van der Waals surface area contributed by atoms with E-state index in [4.69, 9.17) is 36.3 Å². The van der Waals surface area contributed by atoms with E-state index in [1.807, 2.05) is 0 Å². The molecule has 0 radical (unpaired) electrons. The van der Waals surface area contributed by atoms with Gasteiger partial charge < -0.3 is 55.3 Å². The van der Waals surface area contributed by atoms with Crippen molar-refractivity contribution in [2.45, 2.75) is 33.3 Å². The summed E-state index contributed by atoms with van der Waals surface area (Å²) in [6.07, 6.45) is 4.65. The van der Waals surface area contributed by atoms with Gasteiger partial charge in [-0.1, -0.05) is 6.07 Å². The van der Waals surface area contributed by atoms with E-state index < -0.39 is 51.4 Å². The summed E-state index contributed by atoms with van der Waals surface area (Å²) in [6, 6.07) is 13.8. The van der Waals surface area contributed by atoms with E-state index >= 15 is 0 Å². The number of nitrogens with zero attached hydrogens (tertiary/aromatic N) is 3. The molecule has 20 nitrogen and oxygen atoms in total. The lowest BCUT2D eigenvalue weighted by molar-refractivity contribution is -0.125. The maximum Gasteiger partial charge on any atom is 0.340 e. The van der Waals surface area contributed by atoms with Crippen LogP contribution in [0, 0.1) is 0 Å². The third-order valence-electron chi connectivity index (χ3n) is 10.9. The fourth-order valence-corrected chi connectivity index (χ4v) is 10.3. The average molecular weight is 991 g/mol. The molecule has 5 aromatic rings. The normalized spacial score (nSPS) is 16.6.